The van der Waals surface area contributed by atoms with Crippen LogP contribution in [0.25, 0.3) is 11.1 Å². The van der Waals surface area contributed by atoms with Gasteiger partial charge >= 0.3 is 6.03 Å². The average Bonchev–Trinajstić information content (AvgIpc) is 2.82. The first-order valence-corrected chi connectivity index (χ1v) is 12.1. The maximum Gasteiger partial charge on any atom is 0.322 e. The lowest BCUT2D eigenvalue weighted by Crippen LogP contribution is -2.39. The van der Waals surface area contributed by atoms with E-state index in [-0.39, 0.29) is 6.03 Å². The lowest BCUT2D eigenvalue weighted by molar-refractivity contribution is 0.202. The summed E-state index contributed by atoms with van der Waals surface area (Å²) >= 11 is 0. The first-order valence-electron chi connectivity index (χ1n) is 12.1. The standard InChI is InChI=1S/C29H38N4O/c1-23(2)20-30-21-24-10-8-12-26(18-24)27-13-9-11-25(19-27)22-33(17-16-32(3)4)29(34)31-28-14-6-5-7-15-28/h5-15,18-19,23,30H,16-17,20-22H2,1-4H3,(H,31,34). The SMILES string of the molecule is CC(C)CNCc1cccc(-c2cccc(CN(CCN(C)C)C(=O)Nc3ccccc3)c2)c1. The van der Waals surface area contributed by atoms with Crippen LogP contribution in [0.3, 0.4) is 0 Å². The van der Waals surface area contributed by atoms with Gasteiger partial charge in [0, 0.05) is 31.9 Å². The lowest BCUT2D eigenvalue weighted by Gasteiger charge is -2.25. The second-order valence-corrected chi connectivity index (χ2v) is 9.45. The van der Waals surface area contributed by atoms with E-state index in [0.717, 1.165) is 30.9 Å². The number of hydrogen-bond donors (Lipinski definition) is 2. The fraction of sp³-hybridized carbons (Fsp3) is 0.345. The summed E-state index contributed by atoms with van der Waals surface area (Å²) in [6.45, 7) is 8.31. The molecule has 0 aromatic heterocycles. The largest absolute Gasteiger partial charge is 0.322 e. The van der Waals surface area contributed by atoms with Crippen molar-refractivity contribution in [1.82, 2.24) is 15.1 Å². The number of benzene rings is 3. The van der Waals surface area contributed by atoms with Crippen LogP contribution in [0.2, 0.25) is 0 Å². The third-order valence-corrected chi connectivity index (χ3v) is 5.57. The summed E-state index contributed by atoms with van der Waals surface area (Å²) in [6.07, 6.45) is 0. The minimum Gasteiger partial charge on any atom is -0.319 e. The molecule has 5 nitrogen and oxygen atoms in total. The molecule has 34 heavy (non-hydrogen) atoms. The van der Waals surface area contributed by atoms with E-state index in [4.69, 9.17) is 0 Å². The molecule has 0 saturated heterocycles. The molecule has 0 radical (unpaired) electrons. The van der Waals surface area contributed by atoms with Crippen molar-refractivity contribution in [1.29, 1.82) is 0 Å². The van der Waals surface area contributed by atoms with E-state index in [1.165, 1.54) is 16.7 Å². The van der Waals surface area contributed by atoms with Crippen molar-refractivity contribution < 1.29 is 4.79 Å². The first-order chi connectivity index (χ1) is 16.4. The van der Waals surface area contributed by atoms with E-state index in [1.807, 2.05) is 49.3 Å². The van der Waals surface area contributed by atoms with Crippen molar-refractivity contribution in [3.8, 4) is 11.1 Å². The molecule has 3 aromatic rings. The zero-order chi connectivity index (χ0) is 24.3. The molecule has 3 aromatic carbocycles. The first kappa shape index (κ1) is 25.5. The van der Waals surface area contributed by atoms with Crippen LogP contribution in [0, 0.1) is 5.92 Å². The zero-order valence-corrected chi connectivity index (χ0v) is 20.9. The van der Waals surface area contributed by atoms with Crippen LogP contribution in [-0.2, 0) is 13.1 Å². The van der Waals surface area contributed by atoms with Gasteiger partial charge in [0.15, 0.2) is 0 Å². The third-order valence-electron chi connectivity index (χ3n) is 5.57. The number of nitrogens with zero attached hydrogens (tertiary/aromatic N) is 2. The van der Waals surface area contributed by atoms with Crippen LogP contribution in [0.1, 0.15) is 25.0 Å². The zero-order valence-electron chi connectivity index (χ0n) is 20.9. The molecule has 0 aliphatic carbocycles. The minimum absolute atomic E-state index is 0.0864. The molecule has 0 saturated carbocycles. The number of hydrogen-bond acceptors (Lipinski definition) is 3. The Bertz CT molecular complexity index is 1030. The Labute approximate surface area is 204 Å². The molecule has 3 rings (SSSR count). The van der Waals surface area contributed by atoms with Gasteiger partial charge in [-0.2, -0.15) is 0 Å². The number of para-hydroxylation sites is 1. The van der Waals surface area contributed by atoms with Crippen LogP contribution in [0.15, 0.2) is 78.9 Å². The number of carbonyl (C=O) groups is 1. The van der Waals surface area contributed by atoms with E-state index >= 15 is 0 Å². The second kappa shape index (κ2) is 12.9. The second-order valence-electron chi connectivity index (χ2n) is 9.45. The van der Waals surface area contributed by atoms with Crippen molar-refractivity contribution in [2.45, 2.75) is 26.9 Å². The molecule has 2 N–H and O–H groups in total. The number of carbonyl (C=O) groups excluding carboxylic acids is 1. The summed E-state index contributed by atoms with van der Waals surface area (Å²) in [5.41, 5.74) is 5.55. The fourth-order valence-electron chi connectivity index (χ4n) is 3.73. The molecular formula is C29H38N4O. The Morgan fingerprint density at radius 3 is 2.12 bits per heavy atom. The predicted molar refractivity (Wildman–Crippen MR) is 143 cm³/mol. The Morgan fingerprint density at radius 1 is 0.824 bits per heavy atom. The summed E-state index contributed by atoms with van der Waals surface area (Å²) in [4.78, 5) is 17.0. The maximum atomic E-state index is 13.1. The number of urea groups is 1. The molecule has 0 bridgehead atoms. The van der Waals surface area contributed by atoms with Gasteiger partial charge in [-0.25, -0.2) is 4.79 Å². The van der Waals surface area contributed by atoms with Gasteiger partial charge in [0.05, 0.1) is 0 Å². The van der Waals surface area contributed by atoms with E-state index < -0.39 is 0 Å². The van der Waals surface area contributed by atoms with Crippen molar-refractivity contribution in [2.24, 2.45) is 5.92 Å². The number of anilines is 1. The summed E-state index contributed by atoms with van der Waals surface area (Å²) in [5.74, 6) is 0.634. The molecule has 0 unspecified atom stereocenters. The summed E-state index contributed by atoms with van der Waals surface area (Å²) in [7, 11) is 4.05. The molecular weight excluding hydrogens is 420 g/mol. The maximum absolute atomic E-state index is 13.1. The molecule has 0 heterocycles. The molecule has 0 fully saturated rings. The van der Waals surface area contributed by atoms with Gasteiger partial charge in [0.2, 0.25) is 0 Å². The van der Waals surface area contributed by atoms with Gasteiger partial charge < -0.3 is 20.4 Å². The Kier molecular flexibility index (Phi) is 9.68. The molecule has 0 aliphatic rings. The van der Waals surface area contributed by atoms with E-state index in [0.29, 0.717) is 19.0 Å². The Hall–Kier alpha value is -3.15. The molecule has 2 amide bonds. The summed E-state index contributed by atoms with van der Waals surface area (Å²) in [5, 5.41) is 6.55. The van der Waals surface area contributed by atoms with Crippen LogP contribution in [-0.4, -0.2) is 49.6 Å². The van der Waals surface area contributed by atoms with E-state index in [1.54, 1.807) is 0 Å². The summed E-state index contributed by atoms with van der Waals surface area (Å²) < 4.78 is 0. The monoisotopic (exact) mass is 458 g/mol. The average molecular weight is 459 g/mol. The Balaban J connectivity index is 1.73. The highest BCUT2D eigenvalue weighted by molar-refractivity contribution is 5.89. The predicted octanol–water partition coefficient (Wildman–Crippen LogP) is 5.69. The molecule has 0 aliphatic heterocycles. The molecule has 180 valence electrons. The van der Waals surface area contributed by atoms with Crippen LogP contribution < -0.4 is 10.6 Å². The quantitative estimate of drug-likeness (QED) is 0.388. The number of likely N-dealkylation sites (N-methyl/N-ethyl adjacent to an activating group) is 1. The van der Waals surface area contributed by atoms with Crippen molar-refractivity contribution in [2.75, 3.05) is 39.0 Å². The van der Waals surface area contributed by atoms with Gasteiger partial charge in [-0.15, -0.1) is 0 Å². The minimum atomic E-state index is -0.0864. The fourth-order valence-corrected chi connectivity index (χ4v) is 3.73. The topological polar surface area (TPSA) is 47.6 Å². The molecule has 5 heteroatoms. The van der Waals surface area contributed by atoms with E-state index in [9.17, 15) is 4.79 Å². The lowest BCUT2D eigenvalue weighted by atomic mass is 10.0. The number of amides is 2. The van der Waals surface area contributed by atoms with Crippen molar-refractivity contribution in [3.63, 3.8) is 0 Å². The van der Waals surface area contributed by atoms with Gasteiger partial charge in [-0.3, -0.25) is 0 Å². The van der Waals surface area contributed by atoms with Gasteiger partial charge in [0.25, 0.3) is 0 Å². The van der Waals surface area contributed by atoms with Gasteiger partial charge in [0.1, 0.15) is 0 Å². The smallest absolute Gasteiger partial charge is 0.319 e. The number of rotatable bonds is 11. The molecule has 0 atom stereocenters. The van der Waals surface area contributed by atoms with E-state index in [2.05, 4.69) is 77.9 Å². The van der Waals surface area contributed by atoms with Crippen molar-refractivity contribution >= 4 is 11.7 Å². The van der Waals surface area contributed by atoms with Crippen LogP contribution >= 0.6 is 0 Å². The summed E-state index contributed by atoms with van der Waals surface area (Å²) in [6, 6.07) is 26.7. The van der Waals surface area contributed by atoms with Crippen LogP contribution in [0.4, 0.5) is 10.5 Å². The Morgan fingerprint density at radius 2 is 1.47 bits per heavy atom. The highest BCUT2D eigenvalue weighted by Gasteiger charge is 2.15. The molecule has 0 spiro atoms. The van der Waals surface area contributed by atoms with Gasteiger partial charge in [-0.1, -0.05) is 68.4 Å². The van der Waals surface area contributed by atoms with Gasteiger partial charge in [-0.05, 0) is 73.1 Å². The highest BCUT2D eigenvalue weighted by atomic mass is 16.2. The third kappa shape index (κ3) is 8.32. The number of nitrogens with one attached hydrogen (secondary N) is 2. The van der Waals surface area contributed by atoms with Crippen molar-refractivity contribution in [3.05, 3.63) is 90.0 Å². The normalized spacial score (nSPS) is 11.1. The van der Waals surface area contributed by atoms with Crippen LogP contribution in [0.5, 0.6) is 0 Å². The highest BCUT2D eigenvalue weighted by Crippen LogP contribution is 2.23.